The lowest BCUT2D eigenvalue weighted by atomic mass is 10.1. The van der Waals surface area contributed by atoms with Crippen molar-refractivity contribution in [1.29, 1.82) is 0 Å². The lowest BCUT2D eigenvalue weighted by Crippen LogP contribution is -2.41. The fourth-order valence-corrected chi connectivity index (χ4v) is 2.07. The molecule has 0 aromatic heterocycles. The SMILES string of the molecule is CC(C)N(C)C(=O)CN1Cc2ccc(N)cc2C1=O. The molecular weight excluding hydrogens is 242 g/mol. The predicted molar refractivity (Wildman–Crippen MR) is 73.5 cm³/mol. The van der Waals surface area contributed by atoms with E-state index in [0.29, 0.717) is 17.8 Å². The quantitative estimate of drug-likeness (QED) is 0.828. The van der Waals surface area contributed by atoms with E-state index in [9.17, 15) is 9.59 Å². The summed E-state index contributed by atoms with van der Waals surface area (Å²) >= 11 is 0. The first kappa shape index (κ1) is 13.4. The number of carbonyl (C=O) groups is 2. The molecule has 0 aliphatic carbocycles. The largest absolute Gasteiger partial charge is 0.399 e. The Kier molecular flexibility index (Phi) is 3.46. The van der Waals surface area contributed by atoms with Gasteiger partial charge >= 0.3 is 0 Å². The van der Waals surface area contributed by atoms with Crippen LogP contribution < -0.4 is 5.73 Å². The minimum Gasteiger partial charge on any atom is -0.399 e. The number of hydrogen-bond donors (Lipinski definition) is 1. The number of nitrogens with two attached hydrogens (primary N) is 1. The van der Waals surface area contributed by atoms with Gasteiger partial charge in [0.1, 0.15) is 6.54 Å². The van der Waals surface area contributed by atoms with Crippen molar-refractivity contribution in [3.8, 4) is 0 Å². The van der Waals surface area contributed by atoms with Gasteiger partial charge in [0.25, 0.3) is 5.91 Å². The summed E-state index contributed by atoms with van der Waals surface area (Å²) in [5.74, 6) is -0.170. The smallest absolute Gasteiger partial charge is 0.255 e. The third kappa shape index (κ3) is 2.54. The van der Waals surface area contributed by atoms with Gasteiger partial charge in [0.2, 0.25) is 5.91 Å². The Morgan fingerprint density at radius 3 is 2.79 bits per heavy atom. The van der Waals surface area contributed by atoms with Crippen molar-refractivity contribution in [2.45, 2.75) is 26.4 Å². The second-order valence-electron chi connectivity index (χ2n) is 5.18. The Morgan fingerprint density at radius 2 is 2.16 bits per heavy atom. The molecule has 19 heavy (non-hydrogen) atoms. The van der Waals surface area contributed by atoms with Crippen LogP contribution in [0.15, 0.2) is 18.2 Å². The second-order valence-corrected chi connectivity index (χ2v) is 5.18. The number of nitrogens with zero attached hydrogens (tertiary/aromatic N) is 2. The molecule has 0 unspecified atom stereocenters. The summed E-state index contributed by atoms with van der Waals surface area (Å²) in [6.07, 6.45) is 0. The van der Waals surface area contributed by atoms with Gasteiger partial charge in [-0.15, -0.1) is 0 Å². The fraction of sp³-hybridized carbons (Fsp3) is 0.429. The van der Waals surface area contributed by atoms with Gasteiger partial charge in [-0.3, -0.25) is 9.59 Å². The number of likely N-dealkylation sites (N-methyl/N-ethyl adjacent to an activating group) is 1. The molecule has 0 bridgehead atoms. The monoisotopic (exact) mass is 261 g/mol. The molecule has 1 aromatic carbocycles. The molecular formula is C14H19N3O2. The number of benzene rings is 1. The summed E-state index contributed by atoms with van der Waals surface area (Å²) in [7, 11) is 1.75. The van der Waals surface area contributed by atoms with Crippen LogP contribution in [0, 0.1) is 0 Å². The summed E-state index contributed by atoms with van der Waals surface area (Å²) in [5.41, 5.74) is 7.79. The number of fused-ring (bicyclic) bond motifs is 1. The van der Waals surface area contributed by atoms with E-state index < -0.39 is 0 Å². The highest BCUT2D eigenvalue weighted by atomic mass is 16.2. The number of nitrogen functional groups attached to an aromatic ring is 1. The van der Waals surface area contributed by atoms with Crippen molar-refractivity contribution in [1.82, 2.24) is 9.80 Å². The molecule has 0 radical (unpaired) electrons. The van der Waals surface area contributed by atoms with Gasteiger partial charge < -0.3 is 15.5 Å². The van der Waals surface area contributed by atoms with Crippen molar-refractivity contribution < 1.29 is 9.59 Å². The maximum Gasteiger partial charge on any atom is 0.255 e. The number of carbonyl (C=O) groups excluding carboxylic acids is 2. The standard InChI is InChI=1S/C14H19N3O2/c1-9(2)16(3)13(18)8-17-7-10-4-5-11(15)6-12(10)14(17)19/h4-6,9H,7-8,15H2,1-3H3. The zero-order valence-electron chi connectivity index (χ0n) is 11.5. The van der Waals surface area contributed by atoms with Gasteiger partial charge in [-0.05, 0) is 31.5 Å². The van der Waals surface area contributed by atoms with Gasteiger partial charge in [0.05, 0.1) is 0 Å². The van der Waals surface area contributed by atoms with Crippen molar-refractivity contribution in [2.24, 2.45) is 0 Å². The Balaban J connectivity index is 2.10. The number of hydrogen-bond acceptors (Lipinski definition) is 3. The van der Waals surface area contributed by atoms with Crippen LogP contribution in [0.2, 0.25) is 0 Å². The van der Waals surface area contributed by atoms with Crippen molar-refractivity contribution >= 4 is 17.5 Å². The van der Waals surface area contributed by atoms with E-state index in [2.05, 4.69) is 0 Å². The second kappa shape index (κ2) is 4.91. The van der Waals surface area contributed by atoms with Crippen molar-refractivity contribution in [3.63, 3.8) is 0 Å². The van der Waals surface area contributed by atoms with Gasteiger partial charge in [-0.25, -0.2) is 0 Å². The van der Waals surface area contributed by atoms with E-state index in [-0.39, 0.29) is 24.4 Å². The van der Waals surface area contributed by atoms with E-state index >= 15 is 0 Å². The predicted octanol–water partition coefficient (Wildman–Crippen LogP) is 1.09. The molecule has 102 valence electrons. The molecule has 1 aromatic rings. The van der Waals surface area contributed by atoms with Gasteiger partial charge in [-0.2, -0.15) is 0 Å². The van der Waals surface area contributed by atoms with Crippen LogP contribution in [0.4, 0.5) is 5.69 Å². The molecule has 5 nitrogen and oxygen atoms in total. The summed E-state index contributed by atoms with van der Waals surface area (Å²) in [6, 6.07) is 5.42. The van der Waals surface area contributed by atoms with Crippen LogP contribution in [-0.2, 0) is 11.3 Å². The van der Waals surface area contributed by atoms with Gasteiger partial charge in [0, 0.05) is 30.9 Å². The summed E-state index contributed by atoms with van der Waals surface area (Å²) in [6.45, 7) is 4.48. The minimum atomic E-state index is -0.118. The zero-order valence-corrected chi connectivity index (χ0v) is 11.5. The first-order chi connectivity index (χ1) is 8.90. The molecule has 5 heteroatoms. The molecule has 1 aliphatic heterocycles. The van der Waals surface area contributed by atoms with Crippen LogP contribution in [-0.4, -0.2) is 41.2 Å². The highest BCUT2D eigenvalue weighted by molar-refractivity contribution is 6.00. The molecule has 0 spiro atoms. The average Bonchev–Trinajstić information content (AvgIpc) is 2.65. The topological polar surface area (TPSA) is 66.6 Å². The molecule has 0 saturated heterocycles. The Labute approximate surface area is 113 Å². The first-order valence-electron chi connectivity index (χ1n) is 6.33. The van der Waals surface area contributed by atoms with Gasteiger partial charge in [-0.1, -0.05) is 6.07 Å². The highest BCUT2D eigenvalue weighted by Crippen LogP contribution is 2.24. The van der Waals surface area contributed by atoms with Gasteiger partial charge in [0.15, 0.2) is 0 Å². The normalized spacial score (nSPS) is 13.9. The molecule has 0 fully saturated rings. The van der Waals surface area contributed by atoms with E-state index in [0.717, 1.165) is 5.56 Å². The molecule has 1 heterocycles. The molecule has 2 amide bonds. The lowest BCUT2D eigenvalue weighted by Gasteiger charge is -2.24. The fourth-order valence-electron chi connectivity index (χ4n) is 2.07. The average molecular weight is 261 g/mol. The van der Waals surface area contributed by atoms with Crippen LogP contribution in [0.1, 0.15) is 29.8 Å². The highest BCUT2D eigenvalue weighted by Gasteiger charge is 2.29. The third-order valence-corrected chi connectivity index (χ3v) is 3.51. The zero-order chi connectivity index (χ0) is 14.2. The van der Waals surface area contributed by atoms with Crippen molar-refractivity contribution in [3.05, 3.63) is 29.3 Å². The number of anilines is 1. The molecule has 2 N–H and O–H groups in total. The summed E-state index contributed by atoms with van der Waals surface area (Å²) in [5, 5.41) is 0. The Bertz CT molecular complexity index is 525. The first-order valence-corrected chi connectivity index (χ1v) is 6.33. The summed E-state index contributed by atoms with van der Waals surface area (Å²) in [4.78, 5) is 27.4. The number of amides is 2. The van der Waals surface area contributed by atoms with E-state index in [1.165, 1.54) is 0 Å². The van der Waals surface area contributed by atoms with Crippen LogP contribution in [0.5, 0.6) is 0 Å². The molecule has 0 saturated carbocycles. The summed E-state index contributed by atoms with van der Waals surface area (Å²) < 4.78 is 0. The van der Waals surface area contributed by atoms with E-state index in [4.69, 9.17) is 5.73 Å². The lowest BCUT2D eigenvalue weighted by molar-refractivity contribution is -0.132. The minimum absolute atomic E-state index is 0.0517. The molecule has 1 aliphatic rings. The Morgan fingerprint density at radius 1 is 1.47 bits per heavy atom. The number of rotatable bonds is 3. The molecule has 2 rings (SSSR count). The van der Waals surface area contributed by atoms with E-state index in [1.54, 1.807) is 29.0 Å². The van der Waals surface area contributed by atoms with Crippen LogP contribution in [0.25, 0.3) is 0 Å². The third-order valence-electron chi connectivity index (χ3n) is 3.51. The van der Waals surface area contributed by atoms with Crippen LogP contribution >= 0.6 is 0 Å². The maximum atomic E-state index is 12.2. The maximum absolute atomic E-state index is 12.2. The van der Waals surface area contributed by atoms with Crippen LogP contribution in [0.3, 0.4) is 0 Å². The Hall–Kier alpha value is -2.04. The van der Waals surface area contributed by atoms with Crippen molar-refractivity contribution in [2.75, 3.05) is 19.3 Å². The molecule has 0 atom stereocenters. The van der Waals surface area contributed by atoms with E-state index in [1.807, 2.05) is 19.9 Å².